The van der Waals surface area contributed by atoms with E-state index in [0.717, 1.165) is 0 Å². The van der Waals surface area contributed by atoms with Crippen LogP contribution in [-0.4, -0.2) is 181 Å². The second kappa shape index (κ2) is 27.8. The molecule has 8 unspecified atom stereocenters. The second-order valence-corrected chi connectivity index (χ2v) is 13.2. The van der Waals surface area contributed by atoms with Crippen LogP contribution in [0.4, 0.5) is 0 Å². The maximum Gasteiger partial charge on any atom is 0.168 e. The third-order valence-corrected chi connectivity index (χ3v) is 8.93. The van der Waals surface area contributed by atoms with Crippen molar-refractivity contribution < 1.29 is 47.4 Å². The average Bonchev–Trinajstić information content (AvgIpc) is 3.11. The molecule has 3 aliphatic rings. The van der Waals surface area contributed by atoms with Crippen molar-refractivity contribution in [2.45, 2.75) is 74.5 Å². The fourth-order valence-electron chi connectivity index (χ4n) is 5.75. The van der Waals surface area contributed by atoms with E-state index in [1.54, 1.807) is 14.2 Å². The molecule has 22 nitrogen and oxygen atoms in total. The standard InChI is InChI=1S/C28H64N12O10S/c1-45-18-29-3-11-49-27-38-26(39-28(40-27)50-12-4-30-19-46-2)34-21-15-20(16-22(17-21)51(43)44)33-25-36-23(31-5-9-47-13-7-41)35-24(37-25)32-6-10-48-14-8-42/h20-42H,3-19H2,1-2H3,(H,43,44). The zero-order valence-electron chi connectivity index (χ0n) is 29.8. The third kappa shape index (κ3) is 19.5. The van der Waals surface area contributed by atoms with E-state index in [4.69, 9.17) is 38.6 Å². The summed E-state index contributed by atoms with van der Waals surface area (Å²) in [5.74, 6) is 0. The van der Waals surface area contributed by atoms with Crippen molar-refractivity contribution >= 4 is 11.1 Å². The molecule has 2 saturated heterocycles. The van der Waals surface area contributed by atoms with Gasteiger partial charge in [0.25, 0.3) is 0 Å². The molecule has 23 heteroatoms. The van der Waals surface area contributed by atoms with E-state index in [2.05, 4.69) is 63.8 Å². The molecule has 2 heterocycles. The smallest absolute Gasteiger partial charge is 0.168 e. The largest absolute Gasteiger partial charge is 0.394 e. The van der Waals surface area contributed by atoms with E-state index in [1.165, 1.54) is 0 Å². The number of aliphatic hydroxyl groups is 2. The molecule has 1 saturated carbocycles. The highest BCUT2D eigenvalue weighted by Gasteiger charge is 2.37. The fourth-order valence-corrected chi connectivity index (χ4v) is 6.55. The SMILES string of the molecule is COCNCCOC1NC(NC2CC(NC3NC(NCCOCCO)NC(NCCOCCO)N3)CC(S(=O)O)C2)NC(OCCNCOC)N1. The summed E-state index contributed by atoms with van der Waals surface area (Å²) in [4.78, 5) is 0. The zero-order valence-corrected chi connectivity index (χ0v) is 30.6. The van der Waals surface area contributed by atoms with Crippen molar-refractivity contribution in [2.75, 3.05) is 107 Å². The van der Waals surface area contributed by atoms with Crippen molar-refractivity contribution in [3.05, 3.63) is 0 Å². The summed E-state index contributed by atoms with van der Waals surface area (Å²) < 4.78 is 55.5. The number of ether oxygens (including phenoxy) is 6. The highest BCUT2D eigenvalue weighted by atomic mass is 32.2. The lowest BCUT2D eigenvalue weighted by Crippen LogP contribution is -2.78. The minimum Gasteiger partial charge on any atom is -0.394 e. The molecule has 0 bridgehead atoms. The van der Waals surface area contributed by atoms with Gasteiger partial charge in [-0.3, -0.25) is 58.5 Å². The first-order valence-electron chi connectivity index (χ1n) is 17.6. The first-order valence-corrected chi connectivity index (χ1v) is 18.8. The maximum absolute atomic E-state index is 12.4. The van der Waals surface area contributed by atoms with Crippen LogP contribution >= 0.6 is 0 Å². The number of aliphatic hydroxyl groups excluding tert-OH is 2. The van der Waals surface area contributed by atoms with Crippen LogP contribution in [0.25, 0.3) is 0 Å². The van der Waals surface area contributed by atoms with Crippen LogP contribution in [0.15, 0.2) is 0 Å². The Morgan fingerprint density at radius 1 is 0.608 bits per heavy atom. The molecule has 1 aliphatic carbocycles. The second-order valence-electron chi connectivity index (χ2n) is 12.0. The van der Waals surface area contributed by atoms with E-state index in [9.17, 15) is 8.76 Å². The molecular formula is C28H64N12O10S. The Bertz CT molecular complexity index is 798. The topological polar surface area (TPSA) is 277 Å². The summed E-state index contributed by atoms with van der Waals surface area (Å²) in [6.45, 7) is 5.21. The molecule has 0 aromatic rings. The van der Waals surface area contributed by atoms with E-state index < -0.39 is 35.3 Å². The number of hydrogen-bond acceptors (Lipinski definition) is 21. The number of methoxy groups -OCH3 is 2. The monoisotopic (exact) mass is 760 g/mol. The Hall–Kier alpha value is -0.690. The Kier molecular flexibility index (Phi) is 24.4. The number of nitrogens with one attached hydrogen (secondary N) is 12. The Labute approximate surface area is 303 Å². The summed E-state index contributed by atoms with van der Waals surface area (Å²) in [5, 5.41) is 57.9. The van der Waals surface area contributed by atoms with Crippen LogP contribution in [0.2, 0.25) is 0 Å². The minimum atomic E-state index is -2.02. The molecule has 2 aliphatic heterocycles. The van der Waals surface area contributed by atoms with Crippen molar-refractivity contribution in [3.63, 3.8) is 0 Å². The van der Waals surface area contributed by atoms with Gasteiger partial charge in [0.2, 0.25) is 0 Å². The predicted octanol–water partition coefficient (Wildman–Crippen LogP) is -6.44. The molecule has 15 N–H and O–H groups in total. The molecule has 8 atom stereocenters. The Morgan fingerprint density at radius 2 is 1.08 bits per heavy atom. The van der Waals surface area contributed by atoms with Gasteiger partial charge in [-0.2, -0.15) is 0 Å². The van der Waals surface area contributed by atoms with Crippen LogP contribution in [0, 0.1) is 0 Å². The van der Waals surface area contributed by atoms with Gasteiger partial charge in [0.15, 0.2) is 23.8 Å². The van der Waals surface area contributed by atoms with Crippen molar-refractivity contribution in [2.24, 2.45) is 0 Å². The molecule has 3 rings (SSSR count). The van der Waals surface area contributed by atoms with Crippen molar-refractivity contribution in [1.29, 1.82) is 0 Å². The van der Waals surface area contributed by atoms with Crippen LogP contribution in [0.5, 0.6) is 0 Å². The maximum atomic E-state index is 12.4. The summed E-state index contributed by atoms with van der Waals surface area (Å²) in [6, 6.07) is -0.257. The lowest BCUT2D eigenvalue weighted by atomic mass is 9.90. The highest BCUT2D eigenvalue weighted by Crippen LogP contribution is 2.23. The van der Waals surface area contributed by atoms with E-state index in [-0.39, 0.29) is 57.4 Å². The van der Waals surface area contributed by atoms with Gasteiger partial charge < -0.3 is 43.2 Å². The van der Waals surface area contributed by atoms with Gasteiger partial charge in [0, 0.05) is 52.5 Å². The average molecular weight is 761 g/mol. The quantitative estimate of drug-likeness (QED) is 0.0192. The molecule has 302 valence electrons. The first kappa shape index (κ1) is 44.7. The van der Waals surface area contributed by atoms with E-state index in [1.807, 2.05) is 0 Å². The lowest BCUT2D eigenvalue weighted by Gasteiger charge is -2.44. The molecule has 0 aromatic heterocycles. The van der Waals surface area contributed by atoms with Gasteiger partial charge >= 0.3 is 0 Å². The van der Waals surface area contributed by atoms with Crippen LogP contribution < -0.4 is 63.8 Å². The molecular weight excluding hydrogens is 696 g/mol. The summed E-state index contributed by atoms with van der Waals surface area (Å²) in [5.41, 5.74) is 0. The number of rotatable bonds is 29. The predicted molar refractivity (Wildman–Crippen MR) is 187 cm³/mol. The Balaban J connectivity index is 1.60. The van der Waals surface area contributed by atoms with Crippen molar-refractivity contribution in [3.8, 4) is 0 Å². The van der Waals surface area contributed by atoms with Gasteiger partial charge in [0.05, 0.1) is 71.6 Å². The molecule has 0 spiro atoms. The van der Waals surface area contributed by atoms with Gasteiger partial charge in [0.1, 0.15) is 25.2 Å². The number of hydrogen-bond donors (Lipinski definition) is 15. The van der Waals surface area contributed by atoms with Gasteiger partial charge in [-0.25, -0.2) is 9.53 Å². The third-order valence-electron chi connectivity index (χ3n) is 7.97. The van der Waals surface area contributed by atoms with E-state index in [0.29, 0.717) is 85.3 Å². The zero-order chi connectivity index (χ0) is 36.5. The van der Waals surface area contributed by atoms with Crippen LogP contribution in [0.3, 0.4) is 0 Å². The normalized spacial score (nSPS) is 30.8. The fraction of sp³-hybridized carbons (Fsp3) is 1.00. The van der Waals surface area contributed by atoms with E-state index >= 15 is 0 Å². The molecule has 0 aromatic carbocycles. The molecule has 0 amide bonds. The summed E-state index contributed by atoms with van der Waals surface area (Å²) in [7, 11) is 3.24. The Morgan fingerprint density at radius 3 is 1.53 bits per heavy atom. The summed E-state index contributed by atoms with van der Waals surface area (Å²) >= 11 is -2.02. The van der Waals surface area contributed by atoms with Crippen LogP contribution in [0.1, 0.15) is 19.3 Å². The molecule has 0 radical (unpaired) electrons. The lowest BCUT2D eigenvalue weighted by molar-refractivity contribution is -0.115. The van der Waals surface area contributed by atoms with Gasteiger partial charge in [-0.1, -0.05) is 0 Å². The minimum absolute atomic E-state index is 0.0381. The summed E-state index contributed by atoms with van der Waals surface area (Å²) in [6.07, 6.45) is -0.843. The molecule has 3 fully saturated rings. The first-order chi connectivity index (χ1) is 24.9. The van der Waals surface area contributed by atoms with Crippen LogP contribution in [-0.2, 0) is 39.5 Å². The highest BCUT2D eigenvalue weighted by molar-refractivity contribution is 7.79. The molecule has 51 heavy (non-hydrogen) atoms. The van der Waals surface area contributed by atoms with Crippen molar-refractivity contribution in [1.82, 2.24) is 63.8 Å². The van der Waals surface area contributed by atoms with Gasteiger partial charge in [-0.05, 0) is 19.3 Å². The van der Waals surface area contributed by atoms with Gasteiger partial charge in [-0.15, -0.1) is 0 Å².